The average Bonchev–Trinajstić information content (AvgIpc) is 3.80. The molecule has 2 atom stereocenters. The van der Waals surface area contributed by atoms with E-state index in [9.17, 15) is 0 Å². The molecule has 0 amide bonds. The summed E-state index contributed by atoms with van der Waals surface area (Å²) in [7, 11) is 0. The number of hydrogen-bond acceptors (Lipinski definition) is 8. The van der Waals surface area contributed by atoms with E-state index in [-0.39, 0.29) is 5.78 Å². The van der Waals surface area contributed by atoms with Crippen molar-refractivity contribution < 1.29 is 14.3 Å². The highest BCUT2D eigenvalue weighted by molar-refractivity contribution is 6.20. The predicted octanol–water partition coefficient (Wildman–Crippen LogP) is 3.38. The van der Waals surface area contributed by atoms with E-state index in [1.54, 1.807) is 61.0 Å². The third-order valence-electron chi connectivity index (χ3n) is 8.18. The third-order valence-corrected chi connectivity index (χ3v) is 8.18. The maximum Gasteiger partial charge on any atom is 0.292 e. The molecule has 9 heteroatoms. The number of aliphatic imine (C=N–C) groups is 2. The van der Waals surface area contributed by atoms with Gasteiger partial charge in [0.2, 0.25) is 0 Å². The van der Waals surface area contributed by atoms with Gasteiger partial charge in [0.15, 0.2) is 5.78 Å². The fraction of sp³-hybridized carbons (Fsp3) is 0.114. The Morgan fingerprint density at radius 3 is 1.82 bits per heavy atom. The molecule has 0 radical (unpaired) electrons. The van der Waals surface area contributed by atoms with Gasteiger partial charge in [-0.3, -0.25) is 10.1 Å². The van der Waals surface area contributed by atoms with Crippen molar-refractivity contribution in [1.29, 1.82) is 10.5 Å². The van der Waals surface area contributed by atoms with Crippen LogP contribution in [-0.4, -0.2) is 33.8 Å². The number of hydrogen-bond donors (Lipinski definition) is 2. The van der Waals surface area contributed by atoms with Crippen LogP contribution in [0.2, 0.25) is 0 Å². The number of ether oxygens (including phenoxy) is 2. The minimum Gasteiger partial charge on any atom is -0.388 e. The van der Waals surface area contributed by atoms with Gasteiger partial charge >= 0.3 is 0 Å². The molecule has 7 rings (SSSR count). The van der Waals surface area contributed by atoms with E-state index in [0.717, 1.165) is 22.1 Å². The van der Waals surface area contributed by atoms with E-state index in [2.05, 4.69) is 10.3 Å². The Kier molecular flexibility index (Phi) is 6.32. The van der Waals surface area contributed by atoms with Crippen molar-refractivity contribution in [3.63, 3.8) is 0 Å². The molecular formula is C35H24N6O3. The Balaban J connectivity index is 1.49. The number of Topliss-reactive ketones (excluding diaryl/α,β-unsaturated/α-hetero) is 1. The number of allylic oxidation sites excluding steroid dienone is 4. The molecule has 4 aliphatic heterocycles. The summed E-state index contributed by atoms with van der Waals surface area (Å²) in [6.07, 6.45) is 18.8. The van der Waals surface area contributed by atoms with Gasteiger partial charge in [0, 0.05) is 16.7 Å². The first kappa shape index (κ1) is 26.8. The Labute approximate surface area is 252 Å². The van der Waals surface area contributed by atoms with Crippen molar-refractivity contribution in [2.45, 2.75) is 23.9 Å². The van der Waals surface area contributed by atoms with Crippen LogP contribution in [0.1, 0.15) is 18.1 Å². The molecule has 2 N–H and O–H groups in total. The fourth-order valence-electron chi connectivity index (χ4n) is 6.29. The molecule has 5 heterocycles. The van der Waals surface area contributed by atoms with Crippen LogP contribution < -0.4 is 25.5 Å². The lowest BCUT2D eigenvalue weighted by Crippen LogP contribution is -2.45. The molecule has 0 spiro atoms. The monoisotopic (exact) mass is 576 g/mol. The van der Waals surface area contributed by atoms with Crippen LogP contribution in [-0.2, 0) is 10.2 Å². The summed E-state index contributed by atoms with van der Waals surface area (Å²) in [5, 5.41) is 23.5. The number of benzene rings is 2. The lowest BCUT2D eigenvalue weighted by molar-refractivity contribution is -0.124. The number of carbonyl (C=O) groups excluding carboxylic acids is 1. The Hall–Kier alpha value is -6.03. The van der Waals surface area contributed by atoms with Crippen LogP contribution in [0.5, 0.6) is 11.5 Å². The predicted molar refractivity (Wildman–Crippen MR) is 165 cm³/mol. The maximum absolute atomic E-state index is 15.1. The second-order valence-electron chi connectivity index (χ2n) is 11.0. The molecule has 4 aliphatic rings. The summed E-state index contributed by atoms with van der Waals surface area (Å²) < 4.78 is 10.1. The first-order chi connectivity index (χ1) is 21.4. The molecule has 212 valence electrons. The molecule has 1 aromatic heterocycles. The highest BCUT2D eigenvalue weighted by Crippen LogP contribution is 2.47. The van der Waals surface area contributed by atoms with Gasteiger partial charge in [-0.1, -0.05) is 24.3 Å². The smallest absolute Gasteiger partial charge is 0.292 e. The summed E-state index contributed by atoms with van der Waals surface area (Å²) >= 11 is 0. The highest BCUT2D eigenvalue weighted by atomic mass is 16.5. The fourth-order valence-corrected chi connectivity index (χ4v) is 6.29. The number of nitrogens with one attached hydrogen (secondary N) is 2. The number of fused-ring (bicyclic) bond motifs is 6. The Morgan fingerprint density at radius 1 is 0.750 bits per heavy atom. The van der Waals surface area contributed by atoms with Gasteiger partial charge in [-0.25, -0.2) is 9.98 Å². The Bertz CT molecular complexity index is 2040. The molecule has 8 bridgehead atoms. The van der Waals surface area contributed by atoms with Crippen molar-refractivity contribution >= 4 is 29.4 Å². The molecule has 1 fully saturated rings. The van der Waals surface area contributed by atoms with Gasteiger partial charge in [0.05, 0.1) is 33.8 Å². The van der Waals surface area contributed by atoms with Crippen molar-refractivity contribution in [2.75, 3.05) is 0 Å². The first-order valence-corrected chi connectivity index (χ1v) is 13.9. The van der Waals surface area contributed by atoms with E-state index >= 15 is 4.79 Å². The lowest BCUT2D eigenvalue weighted by atomic mass is 9.66. The van der Waals surface area contributed by atoms with E-state index in [0.29, 0.717) is 34.0 Å². The summed E-state index contributed by atoms with van der Waals surface area (Å²) in [4.78, 5) is 28.1. The zero-order chi connectivity index (χ0) is 30.3. The summed E-state index contributed by atoms with van der Waals surface area (Å²) in [5.41, 5.74) is 1.85. The van der Waals surface area contributed by atoms with E-state index < -0.39 is 17.0 Å². The molecule has 2 unspecified atom stereocenters. The Morgan fingerprint density at radius 2 is 1.27 bits per heavy atom. The molecular weight excluding hydrogens is 552 g/mol. The quantitative estimate of drug-likeness (QED) is 0.457. The zero-order valence-electron chi connectivity index (χ0n) is 23.5. The standard InChI is InChI=1S/C35H24N6O3/c1-34-19-29-11-10-27(40-29)17-25-7-6-24(38-25)16-26-8-9-28(39-26)18-32(41-34)35(33(34)42,22-2-12-30(13-3-22)43-20-36)23-4-14-31(15-5-23)44-21-37/h2-19,32,38,41H,1H3. The largest absolute Gasteiger partial charge is 0.388 e. The van der Waals surface area contributed by atoms with Crippen molar-refractivity contribution in [2.24, 2.45) is 9.98 Å². The van der Waals surface area contributed by atoms with Crippen LogP contribution in [0.25, 0.3) is 12.2 Å². The number of rotatable bonds is 4. The number of nitrogens with zero attached hydrogens (tertiary/aromatic N) is 4. The van der Waals surface area contributed by atoms with Gasteiger partial charge in [0.25, 0.3) is 12.5 Å². The molecule has 0 aliphatic carbocycles. The summed E-state index contributed by atoms with van der Waals surface area (Å²) in [6.45, 7) is 1.86. The van der Waals surface area contributed by atoms with Crippen LogP contribution in [0.15, 0.2) is 118 Å². The third kappa shape index (κ3) is 4.49. The molecule has 1 saturated heterocycles. The van der Waals surface area contributed by atoms with Gasteiger partial charge in [0.1, 0.15) is 11.5 Å². The van der Waals surface area contributed by atoms with Crippen LogP contribution >= 0.6 is 0 Å². The van der Waals surface area contributed by atoms with E-state index in [1.165, 1.54) is 0 Å². The molecule has 44 heavy (non-hydrogen) atoms. The summed E-state index contributed by atoms with van der Waals surface area (Å²) in [5.74, 6) is 0.606. The topological polar surface area (TPSA) is 136 Å². The molecule has 9 nitrogen and oxygen atoms in total. The lowest BCUT2D eigenvalue weighted by Gasteiger charge is -2.34. The van der Waals surface area contributed by atoms with Crippen molar-refractivity contribution in [3.05, 3.63) is 130 Å². The van der Waals surface area contributed by atoms with Crippen LogP contribution in [0.3, 0.4) is 0 Å². The minimum absolute atomic E-state index is 0.112. The van der Waals surface area contributed by atoms with Crippen LogP contribution in [0.4, 0.5) is 0 Å². The maximum atomic E-state index is 15.1. The zero-order valence-corrected chi connectivity index (χ0v) is 23.5. The second-order valence-corrected chi connectivity index (χ2v) is 11.0. The van der Waals surface area contributed by atoms with Crippen LogP contribution in [0, 0.1) is 23.0 Å². The number of carbonyl (C=O) groups is 1. The van der Waals surface area contributed by atoms with Gasteiger partial charge in [-0.2, -0.15) is 0 Å². The van der Waals surface area contributed by atoms with Crippen molar-refractivity contribution in [3.8, 4) is 24.0 Å². The highest BCUT2D eigenvalue weighted by Gasteiger charge is 2.60. The summed E-state index contributed by atoms with van der Waals surface area (Å²) in [6, 6.07) is 17.3. The molecule has 0 saturated carbocycles. The average molecular weight is 577 g/mol. The van der Waals surface area contributed by atoms with E-state index in [4.69, 9.17) is 30.0 Å². The van der Waals surface area contributed by atoms with Gasteiger partial charge in [-0.05, 0) is 103 Å². The first-order valence-electron chi connectivity index (χ1n) is 13.9. The van der Waals surface area contributed by atoms with Gasteiger partial charge in [-0.15, -0.1) is 10.5 Å². The number of aromatic amines is 1. The number of H-pyrrole nitrogens is 1. The van der Waals surface area contributed by atoms with Gasteiger partial charge < -0.3 is 14.5 Å². The van der Waals surface area contributed by atoms with Crippen molar-refractivity contribution in [1.82, 2.24) is 10.3 Å². The van der Waals surface area contributed by atoms with E-state index in [1.807, 2.05) is 67.7 Å². The number of aromatic nitrogens is 1. The molecule has 3 aromatic rings. The second kappa shape index (κ2) is 10.4. The minimum atomic E-state index is -1.26. The normalized spacial score (nSPS) is 22.4. The molecule has 2 aromatic carbocycles. The number of nitriles is 2. The number of ketones is 1. The SMILES string of the molecule is CC12C=C3C=CC(=N3)C=c3ccc([nH]3)=CC3=NC(=CC(N1)C(c1ccc(OC#N)cc1)(c1ccc(OC#N)cc1)C2=O)C=C3.